The topological polar surface area (TPSA) is 44.7 Å². The minimum Gasteiger partial charge on any atom is -0.492 e. The summed E-state index contributed by atoms with van der Waals surface area (Å²) in [7, 11) is 4.02. The highest BCUT2D eigenvalue weighted by Gasteiger charge is 2.02. The number of likely N-dealkylation sites (N-methyl/N-ethyl adjacent to an activating group) is 1. The molecule has 0 heterocycles. The van der Waals surface area contributed by atoms with E-state index in [2.05, 4.69) is 10.2 Å². The zero-order chi connectivity index (χ0) is 13.4. The molecule has 1 aromatic carbocycles. The summed E-state index contributed by atoms with van der Waals surface area (Å²) in [4.78, 5) is 2.07. The third-order valence-corrected chi connectivity index (χ3v) is 2.72. The molecule has 0 aromatic heterocycles. The van der Waals surface area contributed by atoms with Crippen molar-refractivity contribution in [1.82, 2.24) is 4.90 Å². The largest absolute Gasteiger partial charge is 0.492 e. The van der Waals surface area contributed by atoms with Gasteiger partial charge in [0.15, 0.2) is 0 Å². The molecule has 0 amide bonds. The van der Waals surface area contributed by atoms with Gasteiger partial charge in [-0.3, -0.25) is 0 Å². The normalized spacial score (nSPS) is 12.5. The maximum Gasteiger partial charge on any atom is 0.121 e. The van der Waals surface area contributed by atoms with E-state index in [1.54, 1.807) is 0 Å². The first kappa shape index (κ1) is 15.1. The highest BCUT2D eigenvalue weighted by molar-refractivity contribution is 6.18. The Kier molecular flexibility index (Phi) is 6.86. The quantitative estimate of drug-likeness (QED) is 0.706. The van der Waals surface area contributed by atoms with Gasteiger partial charge in [0.25, 0.3) is 0 Å². The maximum absolute atomic E-state index is 9.36. The minimum atomic E-state index is -0.537. The van der Waals surface area contributed by atoms with Crippen molar-refractivity contribution in [1.29, 1.82) is 0 Å². The molecule has 0 saturated carbocycles. The average molecular weight is 273 g/mol. The number of alkyl halides is 1. The van der Waals surface area contributed by atoms with Gasteiger partial charge in [-0.2, -0.15) is 0 Å². The number of rotatable bonds is 8. The van der Waals surface area contributed by atoms with Crippen LogP contribution in [-0.2, 0) is 0 Å². The average Bonchev–Trinajstić information content (AvgIpc) is 2.36. The van der Waals surface area contributed by atoms with Gasteiger partial charge in [0, 0.05) is 24.8 Å². The van der Waals surface area contributed by atoms with Crippen LogP contribution in [-0.4, -0.2) is 55.8 Å². The molecule has 5 heteroatoms. The van der Waals surface area contributed by atoms with Gasteiger partial charge in [-0.25, -0.2) is 0 Å². The van der Waals surface area contributed by atoms with E-state index < -0.39 is 6.10 Å². The zero-order valence-electron chi connectivity index (χ0n) is 10.9. The molecule has 1 aromatic rings. The Morgan fingerprint density at radius 1 is 1.44 bits per heavy atom. The highest BCUT2D eigenvalue weighted by Crippen LogP contribution is 2.17. The number of benzene rings is 1. The van der Waals surface area contributed by atoms with Gasteiger partial charge < -0.3 is 20.1 Å². The molecular formula is C13H21ClN2O2. The van der Waals surface area contributed by atoms with E-state index in [4.69, 9.17) is 16.3 Å². The Morgan fingerprint density at radius 3 is 2.89 bits per heavy atom. The molecule has 0 bridgehead atoms. The summed E-state index contributed by atoms with van der Waals surface area (Å²) in [6, 6.07) is 7.68. The zero-order valence-corrected chi connectivity index (χ0v) is 11.7. The molecule has 0 saturated heterocycles. The van der Waals surface area contributed by atoms with E-state index in [-0.39, 0.29) is 5.88 Å². The number of hydrogen-bond donors (Lipinski definition) is 2. The van der Waals surface area contributed by atoms with Crippen LogP contribution >= 0.6 is 11.6 Å². The molecule has 0 aliphatic carbocycles. The van der Waals surface area contributed by atoms with Crippen molar-refractivity contribution in [3.63, 3.8) is 0 Å². The molecule has 18 heavy (non-hydrogen) atoms. The molecule has 0 aliphatic heterocycles. The van der Waals surface area contributed by atoms with Crippen LogP contribution < -0.4 is 10.1 Å². The summed E-state index contributed by atoms with van der Waals surface area (Å²) in [6.45, 7) is 1.97. The lowest BCUT2D eigenvalue weighted by molar-refractivity contribution is 0.211. The van der Waals surface area contributed by atoms with E-state index in [1.165, 1.54) is 0 Å². The second kappa shape index (κ2) is 8.19. The number of ether oxygens (including phenoxy) is 1. The number of nitrogens with one attached hydrogen (secondary N) is 1. The van der Waals surface area contributed by atoms with Gasteiger partial charge in [0.05, 0.1) is 12.0 Å². The fourth-order valence-corrected chi connectivity index (χ4v) is 1.44. The van der Waals surface area contributed by atoms with Crippen LogP contribution in [0.3, 0.4) is 0 Å². The summed E-state index contributed by atoms with van der Waals surface area (Å²) in [6.07, 6.45) is -0.537. The SMILES string of the molecule is CN(C)CCOc1cccc(NCC(O)CCl)c1. The molecule has 1 atom stereocenters. The van der Waals surface area contributed by atoms with Crippen molar-refractivity contribution in [3.8, 4) is 5.75 Å². The molecule has 2 N–H and O–H groups in total. The molecule has 102 valence electrons. The van der Waals surface area contributed by atoms with E-state index in [9.17, 15) is 5.11 Å². The predicted molar refractivity (Wildman–Crippen MR) is 75.7 cm³/mol. The van der Waals surface area contributed by atoms with Crippen LogP contribution in [0.2, 0.25) is 0 Å². The lowest BCUT2D eigenvalue weighted by Gasteiger charge is -2.13. The minimum absolute atomic E-state index is 0.228. The van der Waals surface area contributed by atoms with Crippen LogP contribution in [0.4, 0.5) is 5.69 Å². The summed E-state index contributed by atoms with van der Waals surface area (Å²) in [5.41, 5.74) is 0.918. The van der Waals surface area contributed by atoms with E-state index in [0.29, 0.717) is 13.2 Å². The lowest BCUT2D eigenvalue weighted by atomic mass is 10.3. The predicted octanol–water partition coefficient (Wildman–Crippen LogP) is 1.64. The summed E-state index contributed by atoms with van der Waals surface area (Å²) >= 11 is 5.53. The number of halogens is 1. The second-order valence-corrected chi connectivity index (χ2v) is 4.68. The summed E-state index contributed by atoms with van der Waals surface area (Å²) in [5.74, 6) is 1.05. The van der Waals surface area contributed by atoms with E-state index >= 15 is 0 Å². The van der Waals surface area contributed by atoms with Crippen molar-refractivity contribution >= 4 is 17.3 Å². The number of anilines is 1. The van der Waals surface area contributed by atoms with Crippen LogP contribution in [0.15, 0.2) is 24.3 Å². The van der Waals surface area contributed by atoms with Crippen molar-refractivity contribution in [2.24, 2.45) is 0 Å². The first-order valence-corrected chi connectivity index (χ1v) is 6.50. The summed E-state index contributed by atoms with van der Waals surface area (Å²) < 4.78 is 5.62. The maximum atomic E-state index is 9.36. The van der Waals surface area contributed by atoms with Crippen LogP contribution in [0.1, 0.15) is 0 Å². The van der Waals surface area contributed by atoms with Gasteiger partial charge >= 0.3 is 0 Å². The molecule has 4 nitrogen and oxygen atoms in total. The third kappa shape index (κ3) is 6.10. The summed E-state index contributed by atoms with van der Waals surface area (Å²) in [5, 5.41) is 12.5. The first-order valence-electron chi connectivity index (χ1n) is 5.97. The monoisotopic (exact) mass is 272 g/mol. The molecule has 1 rings (SSSR count). The second-order valence-electron chi connectivity index (χ2n) is 4.37. The Morgan fingerprint density at radius 2 is 2.22 bits per heavy atom. The molecule has 0 spiro atoms. The smallest absolute Gasteiger partial charge is 0.121 e. The number of nitrogens with zero attached hydrogens (tertiary/aromatic N) is 1. The van der Waals surface area contributed by atoms with Gasteiger partial charge in [-0.15, -0.1) is 11.6 Å². The number of hydrogen-bond acceptors (Lipinski definition) is 4. The lowest BCUT2D eigenvalue weighted by Crippen LogP contribution is -2.21. The fourth-order valence-electron chi connectivity index (χ4n) is 1.33. The molecule has 0 fully saturated rings. The Labute approximate surface area is 114 Å². The Bertz CT molecular complexity index is 348. The number of aliphatic hydroxyl groups is 1. The third-order valence-electron chi connectivity index (χ3n) is 2.36. The number of aliphatic hydroxyl groups excluding tert-OH is 1. The molecule has 0 radical (unpaired) electrons. The van der Waals surface area contributed by atoms with Gasteiger partial charge in [0.1, 0.15) is 12.4 Å². The fraction of sp³-hybridized carbons (Fsp3) is 0.538. The van der Waals surface area contributed by atoms with Crippen LogP contribution in [0.5, 0.6) is 5.75 Å². The van der Waals surface area contributed by atoms with E-state index in [0.717, 1.165) is 18.0 Å². The highest BCUT2D eigenvalue weighted by atomic mass is 35.5. The Balaban J connectivity index is 2.41. The molecule has 1 unspecified atom stereocenters. The van der Waals surface area contributed by atoms with Crippen LogP contribution in [0, 0.1) is 0 Å². The van der Waals surface area contributed by atoms with Crippen molar-refractivity contribution in [2.75, 3.05) is 45.0 Å². The van der Waals surface area contributed by atoms with Crippen LogP contribution in [0.25, 0.3) is 0 Å². The van der Waals surface area contributed by atoms with E-state index in [1.807, 2.05) is 38.4 Å². The van der Waals surface area contributed by atoms with Gasteiger partial charge in [-0.05, 0) is 26.2 Å². The molecule has 0 aliphatic rings. The van der Waals surface area contributed by atoms with Gasteiger partial charge in [-0.1, -0.05) is 6.07 Å². The van der Waals surface area contributed by atoms with Crippen molar-refractivity contribution in [2.45, 2.75) is 6.10 Å². The first-order chi connectivity index (χ1) is 8.61. The molecular weight excluding hydrogens is 252 g/mol. The van der Waals surface area contributed by atoms with Crippen molar-refractivity contribution < 1.29 is 9.84 Å². The van der Waals surface area contributed by atoms with Crippen molar-refractivity contribution in [3.05, 3.63) is 24.3 Å². The Hall–Kier alpha value is -0.970. The van der Waals surface area contributed by atoms with Gasteiger partial charge in [0.2, 0.25) is 0 Å². The standard InChI is InChI=1S/C13H21ClN2O2/c1-16(2)6-7-18-13-5-3-4-11(8-13)15-10-12(17)9-14/h3-5,8,12,15,17H,6-7,9-10H2,1-2H3.